The third-order valence-electron chi connectivity index (χ3n) is 3.08. The van der Waals surface area contributed by atoms with Gasteiger partial charge in [0.05, 0.1) is 0 Å². The minimum absolute atomic E-state index is 0.171. The first-order valence-electron chi connectivity index (χ1n) is 7.40. The van der Waals surface area contributed by atoms with Crippen LogP contribution in [0.1, 0.15) is 18.1 Å². The molecule has 0 atom stereocenters. The van der Waals surface area contributed by atoms with Crippen LogP contribution in [0, 0.1) is 0 Å². The maximum Gasteiger partial charge on any atom is 0.203 e. The summed E-state index contributed by atoms with van der Waals surface area (Å²) in [7, 11) is 0. The van der Waals surface area contributed by atoms with Gasteiger partial charge in [-0.1, -0.05) is 84.0 Å². The second-order valence-corrected chi connectivity index (χ2v) is 4.93. The second-order valence-electron chi connectivity index (χ2n) is 4.93. The van der Waals surface area contributed by atoms with Gasteiger partial charge in [-0.2, -0.15) is 0 Å². The molecular weight excluding hydrogens is 286 g/mol. The number of allylic oxidation sites excluding steroid dienone is 3. The molecule has 0 unspecified atom stereocenters. The van der Waals surface area contributed by atoms with E-state index in [0.29, 0.717) is 12.3 Å². The number of carbonyl (C=O) groups excluding carboxylic acids is 1. The predicted octanol–water partition coefficient (Wildman–Crippen LogP) is 4.42. The molecule has 0 fully saturated rings. The highest BCUT2D eigenvalue weighted by Crippen LogP contribution is 2.02. The molecule has 0 heterocycles. The SMILES string of the molecule is C/C(=N\OCc1ccccc1)C(=O)/C=C/C=C/c1ccccc1. The van der Waals surface area contributed by atoms with Crippen LogP contribution in [0.2, 0.25) is 0 Å². The molecule has 0 spiro atoms. The number of benzene rings is 2. The summed E-state index contributed by atoms with van der Waals surface area (Å²) in [5.74, 6) is -0.171. The van der Waals surface area contributed by atoms with Gasteiger partial charge in [0.15, 0.2) is 0 Å². The van der Waals surface area contributed by atoms with Crippen molar-refractivity contribution in [2.24, 2.45) is 5.16 Å². The zero-order valence-corrected chi connectivity index (χ0v) is 13.1. The first kappa shape index (κ1) is 16.4. The van der Waals surface area contributed by atoms with Gasteiger partial charge in [-0.3, -0.25) is 4.79 Å². The van der Waals surface area contributed by atoms with Crippen LogP contribution >= 0.6 is 0 Å². The molecule has 0 amide bonds. The fourth-order valence-corrected chi connectivity index (χ4v) is 1.82. The Kier molecular flexibility index (Phi) is 6.54. The van der Waals surface area contributed by atoms with Gasteiger partial charge in [0.2, 0.25) is 5.78 Å². The van der Waals surface area contributed by atoms with E-state index < -0.39 is 0 Å². The molecule has 23 heavy (non-hydrogen) atoms. The molecule has 3 nitrogen and oxygen atoms in total. The third kappa shape index (κ3) is 6.14. The molecule has 2 aromatic rings. The molecule has 0 saturated carbocycles. The van der Waals surface area contributed by atoms with E-state index in [-0.39, 0.29) is 5.78 Å². The summed E-state index contributed by atoms with van der Waals surface area (Å²) in [6.45, 7) is 1.99. The van der Waals surface area contributed by atoms with E-state index in [1.54, 1.807) is 13.0 Å². The van der Waals surface area contributed by atoms with E-state index in [0.717, 1.165) is 11.1 Å². The number of hydrogen-bond donors (Lipinski definition) is 0. The fourth-order valence-electron chi connectivity index (χ4n) is 1.82. The molecule has 0 aliphatic rings. The highest BCUT2D eigenvalue weighted by atomic mass is 16.6. The Morgan fingerprint density at radius 1 is 1.00 bits per heavy atom. The van der Waals surface area contributed by atoms with Gasteiger partial charge in [-0.25, -0.2) is 0 Å². The molecule has 0 bridgehead atoms. The molecule has 0 aromatic heterocycles. The Morgan fingerprint density at radius 2 is 1.65 bits per heavy atom. The number of rotatable bonds is 7. The summed E-state index contributed by atoms with van der Waals surface area (Å²) < 4.78 is 0. The zero-order valence-electron chi connectivity index (χ0n) is 13.1. The number of ketones is 1. The van der Waals surface area contributed by atoms with Crippen molar-refractivity contribution in [1.29, 1.82) is 0 Å². The Bertz CT molecular complexity index is 701. The van der Waals surface area contributed by atoms with Gasteiger partial charge in [0, 0.05) is 0 Å². The quantitative estimate of drug-likeness (QED) is 0.329. The highest BCUT2D eigenvalue weighted by Gasteiger charge is 2.01. The van der Waals surface area contributed by atoms with E-state index >= 15 is 0 Å². The molecule has 0 N–H and O–H groups in total. The van der Waals surface area contributed by atoms with Crippen LogP contribution < -0.4 is 0 Å². The lowest BCUT2D eigenvalue weighted by atomic mass is 10.2. The van der Waals surface area contributed by atoms with E-state index in [2.05, 4.69) is 5.16 Å². The van der Waals surface area contributed by atoms with E-state index in [1.165, 1.54) is 6.08 Å². The Hall–Kier alpha value is -2.94. The molecule has 2 aromatic carbocycles. The molecule has 0 radical (unpaired) electrons. The topological polar surface area (TPSA) is 38.7 Å². The standard InChI is InChI=1S/C20H19NO2/c1-17(21-23-16-19-13-6-3-7-14-19)20(22)15-9-8-12-18-10-4-2-5-11-18/h2-15H,16H2,1H3/b12-8+,15-9+,21-17+. The summed E-state index contributed by atoms with van der Waals surface area (Å²) in [6.07, 6.45) is 6.93. The monoisotopic (exact) mass is 305 g/mol. The molecule has 116 valence electrons. The first-order chi connectivity index (χ1) is 11.3. The van der Waals surface area contributed by atoms with Crippen LogP contribution in [0.3, 0.4) is 0 Å². The van der Waals surface area contributed by atoms with Crippen molar-refractivity contribution >= 4 is 17.6 Å². The summed E-state index contributed by atoms with van der Waals surface area (Å²) in [5.41, 5.74) is 2.42. The van der Waals surface area contributed by atoms with Crippen LogP contribution in [0.25, 0.3) is 6.08 Å². The summed E-state index contributed by atoms with van der Waals surface area (Å²) in [5, 5.41) is 3.85. The van der Waals surface area contributed by atoms with Crippen LogP contribution in [0.5, 0.6) is 0 Å². The van der Waals surface area contributed by atoms with Crippen LogP contribution in [-0.4, -0.2) is 11.5 Å². The minimum Gasteiger partial charge on any atom is -0.391 e. The van der Waals surface area contributed by atoms with Gasteiger partial charge in [0.25, 0.3) is 0 Å². The van der Waals surface area contributed by atoms with Crippen molar-refractivity contribution < 1.29 is 9.63 Å². The lowest BCUT2D eigenvalue weighted by Gasteiger charge is -2.00. The van der Waals surface area contributed by atoms with Gasteiger partial charge in [-0.15, -0.1) is 0 Å². The molecule has 3 heteroatoms. The van der Waals surface area contributed by atoms with Crippen LogP contribution in [0.4, 0.5) is 0 Å². The van der Waals surface area contributed by atoms with E-state index in [4.69, 9.17) is 4.84 Å². The van der Waals surface area contributed by atoms with Crippen molar-refractivity contribution in [1.82, 2.24) is 0 Å². The lowest BCUT2D eigenvalue weighted by molar-refractivity contribution is -0.109. The maximum absolute atomic E-state index is 11.9. The Balaban J connectivity index is 1.81. The predicted molar refractivity (Wildman–Crippen MR) is 94.0 cm³/mol. The minimum atomic E-state index is -0.171. The highest BCUT2D eigenvalue weighted by molar-refractivity contribution is 6.43. The summed E-state index contributed by atoms with van der Waals surface area (Å²) in [6, 6.07) is 19.6. The normalized spacial score (nSPS) is 12.0. The maximum atomic E-state index is 11.9. The van der Waals surface area contributed by atoms with Crippen molar-refractivity contribution in [3.63, 3.8) is 0 Å². The molecule has 0 saturated heterocycles. The van der Waals surface area contributed by atoms with E-state index in [1.807, 2.05) is 72.8 Å². The second kappa shape index (κ2) is 9.15. The van der Waals surface area contributed by atoms with Crippen molar-refractivity contribution in [3.05, 3.63) is 90.0 Å². The van der Waals surface area contributed by atoms with Crippen LogP contribution in [-0.2, 0) is 16.2 Å². The molecule has 0 aliphatic heterocycles. The van der Waals surface area contributed by atoms with Gasteiger partial charge >= 0.3 is 0 Å². The van der Waals surface area contributed by atoms with Crippen LogP contribution in [0.15, 0.2) is 84.0 Å². The average Bonchev–Trinajstić information content (AvgIpc) is 2.60. The van der Waals surface area contributed by atoms with Crippen molar-refractivity contribution in [3.8, 4) is 0 Å². The molecular formula is C20H19NO2. The van der Waals surface area contributed by atoms with Crippen molar-refractivity contribution in [2.75, 3.05) is 0 Å². The third-order valence-corrected chi connectivity index (χ3v) is 3.08. The molecule has 0 aliphatic carbocycles. The van der Waals surface area contributed by atoms with E-state index in [9.17, 15) is 4.79 Å². The fraction of sp³-hybridized carbons (Fsp3) is 0.100. The lowest BCUT2D eigenvalue weighted by Crippen LogP contribution is -2.07. The van der Waals surface area contributed by atoms with Gasteiger partial charge < -0.3 is 4.84 Å². The Labute approximate surface area is 136 Å². The smallest absolute Gasteiger partial charge is 0.203 e. The number of carbonyl (C=O) groups is 1. The van der Waals surface area contributed by atoms with Gasteiger partial charge in [0.1, 0.15) is 12.3 Å². The number of hydrogen-bond acceptors (Lipinski definition) is 3. The first-order valence-corrected chi connectivity index (χ1v) is 7.40. The average molecular weight is 305 g/mol. The summed E-state index contributed by atoms with van der Waals surface area (Å²) >= 11 is 0. The summed E-state index contributed by atoms with van der Waals surface area (Å²) in [4.78, 5) is 17.1. The number of nitrogens with zero attached hydrogens (tertiary/aromatic N) is 1. The zero-order chi connectivity index (χ0) is 16.3. The largest absolute Gasteiger partial charge is 0.391 e. The van der Waals surface area contributed by atoms with Crippen molar-refractivity contribution in [2.45, 2.75) is 13.5 Å². The Morgan fingerprint density at radius 3 is 2.35 bits per heavy atom. The number of oxime groups is 1. The molecule has 2 rings (SSSR count). The van der Waals surface area contributed by atoms with Gasteiger partial charge in [-0.05, 0) is 24.1 Å².